The summed E-state index contributed by atoms with van der Waals surface area (Å²) in [6, 6.07) is 7.74. The van der Waals surface area contributed by atoms with Crippen molar-refractivity contribution in [2.24, 2.45) is 0 Å². The molecule has 28 heavy (non-hydrogen) atoms. The maximum Gasteiger partial charge on any atom is 0.271 e. The Bertz CT molecular complexity index is 809. The highest BCUT2D eigenvalue weighted by Crippen LogP contribution is 2.28. The van der Waals surface area contributed by atoms with Gasteiger partial charge in [0, 0.05) is 30.2 Å². The number of carbonyl (C=O) groups excluding carboxylic acids is 1. The summed E-state index contributed by atoms with van der Waals surface area (Å²) in [6.45, 7) is 4.82. The summed E-state index contributed by atoms with van der Waals surface area (Å²) >= 11 is 6.05. The van der Waals surface area contributed by atoms with Gasteiger partial charge in [-0.3, -0.25) is 4.79 Å². The van der Waals surface area contributed by atoms with Crippen molar-refractivity contribution in [1.82, 2.24) is 19.8 Å². The van der Waals surface area contributed by atoms with E-state index in [1.165, 1.54) is 25.7 Å². The molecule has 0 bridgehead atoms. The van der Waals surface area contributed by atoms with E-state index in [-0.39, 0.29) is 5.91 Å². The third-order valence-electron chi connectivity index (χ3n) is 5.85. The number of rotatable bonds is 5. The van der Waals surface area contributed by atoms with Gasteiger partial charge in [0.2, 0.25) is 0 Å². The quantitative estimate of drug-likeness (QED) is 0.820. The van der Waals surface area contributed by atoms with Crippen LogP contribution in [0, 0.1) is 0 Å². The monoisotopic (exact) mass is 400 g/mol. The smallest absolute Gasteiger partial charge is 0.271 e. The molecule has 2 aliphatic heterocycles. The zero-order valence-electron chi connectivity index (χ0n) is 16.4. The van der Waals surface area contributed by atoms with Gasteiger partial charge in [-0.2, -0.15) is 0 Å². The molecule has 4 rings (SSSR count). The highest BCUT2D eigenvalue weighted by Gasteiger charge is 2.24. The first-order chi connectivity index (χ1) is 13.7. The van der Waals surface area contributed by atoms with Gasteiger partial charge in [0.1, 0.15) is 11.5 Å². The van der Waals surface area contributed by atoms with Gasteiger partial charge in [-0.25, -0.2) is 4.98 Å². The Kier molecular flexibility index (Phi) is 6.33. The molecule has 6 heteroatoms. The van der Waals surface area contributed by atoms with Crippen molar-refractivity contribution in [2.75, 3.05) is 26.2 Å². The maximum atomic E-state index is 12.9. The van der Waals surface area contributed by atoms with Crippen LogP contribution in [0.3, 0.4) is 0 Å². The molecule has 1 amide bonds. The molecule has 0 aliphatic carbocycles. The number of amides is 1. The Morgan fingerprint density at radius 2 is 1.71 bits per heavy atom. The summed E-state index contributed by atoms with van der Waals surface area (Å²) < 4.78 is 2.25. The van der Waals surface area contributed by atoms with Crippen molar-refractivity contribution in [3.63, 3.8) is 0 Å². The lowest BCUT2D eigenvalue weighted by atomic mass is 10.1. The second-order valence-corrected chi connectivity index (χ2v) is 8.29. The van der Waals surface area contributed by atoms with Crippen LogP contribution in [0.2, 0.25) is 5.02 Å². The van der Waals surface area contributed by atoms with E-state index < -0.39 is 0 Å². The lowest BCUT2D eigenvalue weighted by molar-refractivity contribution is 0.0941. The summed E-state index contributed by atoms with van der Waals surface area (Å²) in [5, 5.41) is 3.82. The molecule has 2 aliphatic rings. The molecule has 150 valence electrons. The number of hydrogen-bond donors (Lipinski definition) is 1. The van der Waals surface area contributed by atoms with Gasteiger partial charge in [0.15, 0.2) is 0 Å². The van der Waals surface area contributed by atoms with Crippen LogP contribution in [-0.4, -0.2) is 46.5 Å². The number of imidazole rings is 1. The molecule has 5 nitrogen and oxygen atoms in total. The summed E-state index contributed by atoms with van der Waals surface area (Å²) in [4.78, 5) is 20.2. The number of benzene rings is 1. The van der Waals surface area contributed by atoms with E-state index in [0.717, 1.165) is 62.5 Å². The third kappa shape index (κ3) is 4.41. The normalized spacial score (nSPS) is 17.8. The molecular weight excluding hydrogens is 372 g/mol. The summed E-state index contributed by atoms with van der Waals surface area (Å²) in [6.07, 6.45) is 8.21. The second-order valence-electron chi connectivity index (χ2n) is 7.86. The number of nitrogens with zero attached hydrogens (tertiary/aromatic N) is 3. The number of halogens is 1. The molecule has 2 aromatic rings. The Morgan fingerprint density at radius 3 is 2.50 bits per heavy atom. The summed E-state index contributed by atoms with van der Waals surface area (Å²) in [7, 11) is 0. The summed E-state index contributed by atoms with van der Waals surface area (Å²) in [5.41, 5.74) is 2.70. The van der Waals surface area contributed by atoms with Gasteiger partial charge in [-0.15, -0.1) is 0 Å². The molecule has 0 unspecified atom stereocenters. The number of carbonyl (C=O) groups is 1. The molecule has 1 aromatic heterocycles. The molecule has 0 saturated carbocycles. The molecule has 1 N–H and O–H groups in total. The molecule has 0 atom stereocenters. The fourth-order valence-electron chi connectivity index (χ4n) is 4.32. The van der Waals surface area contributed by atoms with Crippen LogP contribution in [-0.2, 0) is 13.0 Å². The van der Waals surface area contributed by atoms with Crippen molar-refractivity contribution in [2.45, 2.75) is 51.5 Å². The molecule has 0 radical (unpaired) electrons. The minimum absolute atomic E-state index is 0.0390. The predicted octanol–water partition coefficient (Wildman–Crippen LogP) is 4.15. The highest BCUT2D eigenvalue weighted by atomic mass is 35.5. The average Bonchev–Trinajstić information content (AvgIpc) is 2.91. The number of aromatic nitrogens is 2. The fraction of sp³-hybridized carbons (Fsp3) is 0.545. The predicted molar refractivity (Wildman–Crippen MR) is 113 cm³/mol. The standard InChI is InChI=1S/C22H29ClN4O/c23-18-10-8-17(9-11-18)21-25-20(19-7-3-1-6-15-27(19)21)22(28)24-12-16-26-13-4-2-5-14-26/h8-11H,1-7,12-16H2,(H,24,28). The van der Waals surface area contributed by atoms with Gasteiger partial charge in [-0.1, -0.05) is 24.4 Å². The number of nitrogens with one attached hydrogen (secondary N) is 1. The van der Waals surface area contributed by atoms with E-state index in [1.807, 2.05) is 24.3 Å². The number of fused-ring (bicyclic) bond motifs is 1. The SMILES string of the molecule is O=C(NCCN1CCCCC1)c1nc(-c2ccc(Cl)cc2)n2c1CCCCC2. The first-order valence-electron chi connectivity index (χ1n) is 10.6. The van der Waals surface area contributed by atoms with E-state index in [2.05, 4.69) is 14.8 Å². The summed E-state index contributed by atoms with van der Waals surface area (Å²) in [5.74, 6) is 0.845. The van der Waals surface area contributed by atoms with Crippen molar-refractivity contribution < 1.29 is 4.79 Å². The largest absolute Gasteiger partial charge is 0.349 e. The van der Waals surface area contributed by atoms with Gasteiger partial charge in [0.05, 0.1) is 5.69 Å². The topological polar surface area (TPSA) is 50.2 Å². The molecule has 3 heterocycles. The number of hydrogen-bond acceptors (Lipinski definition) is 3. The van der Waals surface area contributed by atoms with Gasteiger partial charge >= 0.3 is 0 Å². The zero-order chi connectivity index (χ0) is 19.3. The van der Waals surface area contributed by atoms with Crippen LogP contribution in [0.25, 0.3) is 11.4 Å². The van der Waals surface area contributed by atoms with Crippen molar-refractivity contribution in [1.29, 1.82) is 0 Å². The minimum Gasteiger partial charge on any atom is -0.349 e. The van der Waals surface area contributed by atoms with Crippen LogP contribution in [0.15, 0.2) is 24.3 Å². The van der Waals surface area contributed by atoms with Gasteiger partial charge in [-0.05, 0) is 69.5 Å². The lowest BCUT2D eigenvalue weighted by Gasteiger charge is -2.26. The van der Waals surface area contributed by atoms with Gasteiger partial charge in [0.25, 0.3) is 5.91 Å². The molecular formula is C22H29ClN4O. The molecule has 1 fully saturated rings. The fourth-order valence-corrected chi connectivity index (χ4v) is 4.44. The Balaban J connectivity index is 1.52. The van der Waals surface area contributed by atoms with Crippen LogP contribution >= 0.6 is 11.6 Å². The van der Waals surface area contributed by atoms with Crippen LogP contribution in [0.1, 0.15) is 54.7 Å². The number of likely N-dealkylation sites (tertiary alicyclic amines) is 1. The van der Waals surface area contributed by atoms with Crippen molar-refractivity contribution in [3.05, 3.63) is 40.7 Å². The van der Waals surface area contributed by atoms with Crippen LogP contribution in [0.5, 0.6) is 0 Å². The molecule has 1 aromatic carbocycles. The number of piperidine rings is 1. The average molecular weight is 401 g/mol. The Morgan fingerprint density at radius 1 is 1.00 bits per heavy atom. The maximum absolute atomic E-state index is 12.9. The first-order valence-corrected chi connectivity index (χ1v) is 11.0. The second kappa shape index (κ2) is 9.10. The Hall–Kier alpha value is -1.85. The zero-order valence-corrected chi connectivity index (χ0v) is 17.2. The van der Waals surface area contributed by atoms with E-state index in [4.69, 9.17) is 16.6 Å². The van der Waals surface area contributed by atoms with Crippen molar-refractivity contribution in [3.8, 4) is 11.4 Å². The third-order valence-corrected chi connectivity index (χ3v) is 6.10. The van der Waals surface area contributed by atoms with E-state index in [9.17, 15) is 4.79 Å². The van der Waals surface area contributed by atoms with Crippen molar-refractivity contribution >= 4 is 17.5 Å². The molecule has 1 saturated heterocycles. The highest BCUT2D eigenvalue weighted by molar-refractivity contribution is 6.30. The molecule has 0 spiro atoms. The minimum atomic E-state index is -0.0390. The van der Waals surface area contributed by atoms with E-state index in [1.54, 1.807) is 0 Å². The van der Waals surface area contributed by atoms with Crippen LogP contribution < -0.4 is 5.32 Å². The van der Waals surface area contributed by atoms with Gasteiger partial charge < -0.3 is 14.8 Å². The Labute approximate surface area is 172 Å². The lowest BCUT2D eigenvalue weighted by Crippen LogP contribution is -2.38. The van der Waals surface area contributed by atoms with E-state index in [0.29, 0.717) is 17.3 Å². The van der Waals surface area contributed by atoms with Crippen LogP contribution in [0.4, 0.5) is 0 Å². The first kappa shape index (κ1) is 19.5. The van der Waals surface area contributed by atoms with E-state index >= 15 is 0 Å².